The van der Waals surface area contributed by atoms with Gasteiger partial charge in [0.05, 0.1) is 18.0 Å². The maximum atomic E-state index is 6.03. The first-order chi connectivity index (χ1) is 10.9. The topological polar surface area (TPSA) is 61.6 Å². The van der Waals surface area contributed by atoms with E-state index >= 15 is 0 Å². The second-order valence-corrected chi connectivity index (χ2v) is 5.79. The van der Waals surface area contributed by atoms with Crippen LogP contribution in [0, 0.1) is 0 Å². The maximum Gasteiger partial charge on any atom is 0.135 e. The smallest absolute Gasteiger partial charge is 0.135 e. The van der Waals surface area contributed by atoms with Gasteiger partial charge >= 0.3 is 0 Å². The van der Waals surface area contributed by atoms with Crippen LogP contribution >= 0.6 is 0 Å². The molecule has 1 aromatic carbocycles. The highest BCUT2D eigenvalue weighted by Gasteiger charge is 2.26. The summed E-state index contributed by atoms with van der Waals surface area (Å²) >= 11 is 0. The summed E-state index contributed by atoms with van der Waals surface area (Å²) in [5.74, 6) is 0.940. The Morgan fingerprint density at radius 1 is 1.09 bits per heavy atom. The van der Waals surface area contributed by atoms with Crippen LogP contribution in [-0.2, 0) is 0 Å². The third kappa shape index (κ3) is 2.74. The van der Waals surface area contributed by atoms with Crippen LogP contribution in [0.1, 0.15) is 24.8 Å². The van der Waals surface area contributed by atoms with Crippen molar-refractivity contribution in [3.8, 4) is 5.75 Å². The molecule has 6 heteroatoms. The molecule has 3 heterocycles. The lowest BCUT2D eigenvalue weighted by Gasteiger charge is -2.23. The number of nitrogens with one attached hydrogen (secondary N) is 1. The van der Waals surface area contributed by atoms with Crippen molar-refractivity contribution in [2.75, 3.05) is 13.1 Å². The minimum absolute atomic E-state index is 0.207. The van der Waals surface area contributed by atoms with Crippen LogP contribution in [0.25, 0.3) is 0 Å². The molecule has 22 heavy (non-hydrogen) atoms. The summed E-state index contributed by atoms with van der Waals surface area (Å²) < 4.78 is 6.03. The molecule has 1 fully saturated rings. The van der Waals surface area contributed by atoms with Gasteiger partial charge in [-0.15, -0.1) is 5.10 Å². The fourth-order valence-corrected chi connectivity index (χ4v) is 2.98. The van der Waals surface area contributed by atoms with Crippen LogP contribution in [-0.4, -0.2) is 48.5 Å². The van der Waals surface area contributed by atoms with Crippen molar-refractivity contribution in [3.05, 3.63) is 29.8 Å². The number of hydrogen-bond donors (Lipinski definition) is 1. The Hall–Kier alpha value is -2.21. The summed E-state index contributed by atoms with van der Waals surface area (Å²) in [4.78, 5) is 0. The first-order valence-corrected chi connectivity index (χ1v) is 7.79. The number of rotatable bonds is 3. The van der Waals surface area contributed by atoms with Gasteiger partial charge in [0.25, 0.3) is 0 Å². The van der Waals surface area contributed by atoms with E-state index in [2.05, 4.69) is 32.8 Å². The van der Waals surface area contributed by atoms with Crippen LogP contribution in [0.3, 0.4) is 0 Å². The third-order valence-corrected chi connectivity index (χ3v) is 4.23. The van der Waals surface area contributed by atoms with E-state index in [9.17, 15) is 0 Å². The second kappa shape index (κ2) is 5.88. The number of benzene rings is 1. The first kappa shape index (κ1) is 13.5. The highest BCUT2D eigenvalue weighted by molar-refractivity contribution is 6.04. The number of hydrogen-bond acceptors (Lipinski definition) is 6. The molecule has 114 valence electrons. The van der Waals surface area contributed by atoms with Gasteiger partial charge in [-0.05, 0) is 55.8 Å². The number of hydrazone groups is 1. The summed E-state index contributed by atoms with van der Waals surface area (Å²) in [5, 5.41) is 17.6. The molecule has 1 saturated heterocycles. The van der Waals surface area contributed by atoms with Gasteiger partial charge in [-0.25, -0.2) is 5.01 Å². The zero-order chi connectivity index (χ0) is 14.8. The number of fused-ring (bicyclic) bond motifs is 1. The van der Waals surface area contributed by atoms with E-state index in [0.717, 1.165) is 49.4 Å². The molecule has 1 atom stereocenters. The molecule has 3 aliphatic rings. The van der Waals surface area contributed by atoms with Crippen molar-refractivity contribution < 1.29 is 4.74 Å². The van der Waals surface area contributed by atoms with Crippen molar-refractivity contribution in [2.24, 2.45) is 15.3 Å². The molecule has 4 rings (SSSR count). The molecule has 3 aliphatic heterocycles. The quantitative estimate of drug-likeness (QED) is 0.922. The Morgan fingerprint density at radius 2 is 1.91 bits per heavy atom. The van der Waals surface area contributed by atoms with Gasteiger partial charge in [-0.1, -0.05) is 0 Å². The standard InChI is InChI=1S/C16H19N5O/c1-3-14(22-15-5-7-17-8-6-15)4-2-12(1)16-9-13-10-18-19-11-21(13)20-16/h1-4,10-11,13,15,17H,5-9H2. The van der Waals surface area contributed by atoms with E-state index in [1.165, 1.54) is 0 Å². The van der Waals surface area contributed by atoms with Crippen molar-refractivity contribution in [2.45, 2.75) is 31.4 Å². The highest BCUT2D eigenvalue weighted by atomic mass is 16.5. The molecule has 1 aromatic rings. The summed E-state index contributed by atoms with van der Waals surface area (Å²) in [6.45, 7) is 2.08. The Bertz CT molecular complexity index is 616. The van der Waals surface area contributed by atoms with Gasteiger partial charge < -0.3 is 10.1 Å². The Labute approximate surface area is 129 Å². The molecule has 0 saturated carbocycles. The third-order valence-electron chi connectivity index (χ3n) is 4.23. The summed E-state index contributed by atoms with van der Waals surface area (Å²) in [6.07, 6.45) is 6.85. The Morgan fingerprint density at radius 3 is 2.68 bits per heavy atom. The summed E-state index contributed by atoms with van der Waals surface area (Å²) in [7, 11) is 0. The normalized spacial score (nSPS) is 24.3. The van der Waals surface area contributed by atoms with E-state index in [1.54, 1.807) is 6.34 Å². The molecule has 1 unspecified atom stereocenters. The van der Waals surface area contributed by atoms with E-state index in [0.29, 0.717) is 6.10 Å². The molecule has 6 nitrogen and oxygen atoms in total. The largest absolute Gasteiger partial charge is 0.490 e. The average molecular weight is 297 g/mol. The maximum absolute atomic E-state index is 6.03. The van der Waals surface area contributed by atoms with Crippen LogP contribution in [0.5, 0.6) is 5.75 Å². The highest BCUT2D eigenvalue weighted by Crippen LogP contribution is 2.22. The SMILES string of the molecule is C1=NN=CN2N=C(c3ccc(OC4CCNCC4)cc3)CC12. The van der Waals surface area contributed by atoms with E-state index in [-0.39, 0.29) is 6.04 Å². The lowest BCUT2D eigenvalue weighted by molar-refractivity contribution is 0.162. The molecule has 0 amide bonds. The van der Waals surface area contributed by atoms with Crippen molar-refractivity contribution >= 4 is 18.3 Å². The Balaban J connectivity index is 1.43. The predicted molar refractivity (Wildman–Crippen MR) is 86.7 cm³/mol. The number of nitrogens with zero attached hydrogens (tertiary/aromatic N) is 4. The Kier molecular flexibility index (Phi) is 3.60. The molecule has 0 aromatic heterocycles. The summed E-state index contributed by atoms with van der Waals surface area (Å²) in [6, 6.07) is 8.46. The van der Waals surface area contributed by atoms with Gasteiger partial charge in [0, 0.05) is 6.42 Å². The van der Waals surface area contributed by atoms with E-state index < -0.39 is 0 Å². The minimum Gasteiger partial charge on any atom is -0.490 e. The molecular formula is C16H19N5O. The lowest BCUT2D eigenvalue weighted by Crippen LogP contribution is -2.34. The predicted octanol–water partition coefficient (Wildman–Crippen LogP) is 1.62. The molecule has 0 spiro atoms. The van der Waals surface area contributed by atoms with Crippen LogP contribution < -0.4 is 10.1 Å². The van der Waals surface area contributed by atoms with Gasteiger partial charge in [0.15, 0.2) is 0 Å². The molecule has 0 aliphatic carbocycles. The average Bonchev–Trinajstić information content (AvgIpc) is 3.00. The fraction of sp³-hybridized carbons (Fsp3) is 0.438. The molecule has 1 N–H and O–H groups in total. The molecular weight excluding hydrogens is 278 g/mol. The lowest BCUT2D eigenvalue weighted by atomic mass is 10.0. The van der Waals surface area contributed by atoms with Crippen LogP contribution in [0.15, 0.2) is 39.6 Å². The zero-order valence-electron chi connectivity index (χ0n) is 12.4. The van der Waals surface area contributed by atoms with Crippen molar-refractivity contribution in [1.82, 2.24) is 10.3 Å². The van der Waals surface area contributed by atoms with Gasteiger partial charge in [0.1, 0.15) is 18.2 Å². The first-order valence-electron chi connectivity index (χ1n) is 7.79. The van der Waals surface area contributed by atoms with E-state index in [4.69, 9.17) is 4.74 Å². The van der Waals surface area contributed by atoms with Crippen molar-refractivity contribution in [3.63, 3.8) is 0 Å². The van der Waals surface area contributed by atoms with Gasteiger partial charge in [-0.2, -0.15) is 10.2 Å². The van der Waals surface area contributed by atoms with E-state index in [1.807, 2.05) is 23.4 Å². The zero-order valence-corrected chi connectivity index (χ0v) is 12.4. The summed E-state index contributed by atoms with van der Waals surface area (Å²) in [5.41, 5.74) is 2.20. The molecule has 0 radical (unpaired) electrons. The second-order valence-electron chi connectivity index (χ2n) is 5.79. The monoisotopic (exact) mass is 297 g/mol. The van der Waals surface area contributed by atoms with Crippen LogP contribution in [0.4, 0.5) is 0 Å². The fourth-order valence-electron chi connectivity index (χ4n) is 2.98. The van der Waals surface area contributed by atoms with Crippen molar-refractivity contribution in [1.29, 1.82) is 0 Å². The minimum atomic E-state index is 0.207. The molecule has 0 bridgehead atoms. The number of ether oxygens (including phenoxy) is 1. The van der Waals surface area contributed by atoms with Gasteiger partial charge in [0.2, 0.25) is 0 Å². The van der Waals surface area contributed by atoms with Crippen LogP contribution in [0.2, 0.25) is 0 Å². The van der Waals surface area contributed by atoms with Gasteiger partial charge in [-0.3, -0.25) is 0 Å². The number of piperidine rings is 1.